The number of amides is 1. The fourth-order valence-electron chi connectivity index (χ4n) is 0.763. The first-order valence-corrected chi connectivity index (χ1v) is 4.94. The predicted octanol–water partition coefficient (Wildman–Crippen LogP) is 1.62. The molecule has 0 aromatic rings. The van der Waals surface area contributed by atoms with E-state index in [0.717, 1.165) is 0 Å². The average Bonchev–Trinajstić information content (AvgIpc) is 2.01. The van der Waals surface area contributed by atoms with Crippen LogP contribution < -0.4 is 5.32 Å². The Kier molecular flexibility index (Phi) is 5.05. The maximum absolute atomic E-state index is 11.5. The topological polar surface area (TPSA) is 55.4 Å². The van der Waals surface area contributed by atoms with Gasteiger partial charge in [-0.05, 0) is 13.8 Å². The summed E-state index contributed by atoms with van der Waals surface area (Å²) in [7, 11) is 0. The van der Waals surface area contributed by atoms with Crippen LogP contribution in [0.25, 0.3) is 0 Å². The second kappa shape index (κ2) is 5.53. The molecular weight excluding hydrogens is 194 g/mol. The Morgan fingerprint density at radius 2 is 1.87 bits per heavy atom. The average molecular weight is 213 g/mol. The van der Waals surface area contributed by atoms with Crippen LogP contribution in [0, 0.1) is 5.41 Å². The molecular formula is C11H19NO3. The number of nitrogens with one attached hydrogen (secondary N) is 1. The molecule has 15 heavy (non-hydrogen) atoms. The van der Waals surface area contributed by atoms with E-state index < -0.39 is 11.4 Å². The van der Waals surface area contributed by atoms with Gasteiger partial charge >= 0.3 is 5.97 Å². The highest BCUT2D eigenvalue weighted by Crippen LogP contribution is 2.13. The van der Waals surface area contributed by atoms with E-state index in [1.54, 1.807) is 34.6 Å². The summed E-state index contributed by atoms with van der Waals surface area (Å²) >= 11 is 0. The lowest BCUT2D eigenvalue weighted by Gasteiger charge is -2.17. The summed E-state index contributed by atoms with van der Waals surface area (Å²) in [6.45, 7) is 9.13. The van der Waals surface area contributed by atoms with Crippen LogP contribution in [0.4, 0.5) is 0 Å². The zero-order chi connectivity index (χ0) is 12.1. The van der Waals surface area contributed by atoms with Gasteiger partial charge in [-0.3, -0.25) is 4.79 Å². The molecule has 0 aliphatic rings. The standard InChI is InChI=1S/C11H19NO3/c1-6-15-9(13)7-8(2)12-10(14)11(3,4)5/h7H,6H2,1-5H3,(H,12,14)/b8-7-. The van der Waals surface area contributed by atoms with Crippen molar-refractivity contribution < 1.29 is 14.3 Å². The Morgan fingerprint density at radius 3 is 2.27 bits per heavy atom. The van der Waals surface area contributed by atoms with Gasteiger partial charge in [0, 0.05) is 17.2 Å². The summed E-state index contributed by atoms with van der Waals surface area (Å²) in [5.41, 5.74) is 0.0254. The third-order valence-corrected chi connectivity index (χ3v) is 1.61. The van der Waals surface area contributed by atoms with Gasteiger partial charge in [-0.15, -0.1) is 0 Å². The summed E-state index contributed by atoms with van der Waals surface area (Å²) in [5.74, 6) is -0.565. The van der Waals surface area contributed by atoms with Gasteiger partial charge in [-0.2, -0.15) is 0 Å². The molecule has 0 saturated carbocycles. The Morgan fingerprint density at radius 1 is 1.33 bits per heavy atom. The first kappa shape index (κ1) is 13.7. The molecule has 86 valence electrons. The van der Waals surface area contributed by atoms with Crippen molar-refractivity contribution in [3.8, 4) is 0 Å². The van der Waals surface area contributed by atoms with E-state index in [1.165, 1.54) is 6.08 Å². The van der Waals surface area contributed by atoms with E-state index in [-0.39, 0.29) is 5.91 Å². The second-order valence-corrected chi connectivity index (χ2v) is 4.28. The van der Waals surface area contributed by atoms with E-state index in [0.29, 0.717) is 12.3 Å². The van der Waals surface area contributed by atoms with E-state index in [9.17, 15) is 9.59 Å². The minimum Gasteiger partial charge on any atom is -0.463 e. The number of hydrogen-bond donors (Lipinski definition) is 1. The van der Waals surface area contributed by atoms with Crippen LogP contribution in [0.2, 0.25) is 0 Å². The Labute approximate surface area is 90.7 Å². The number of allylic oxidation sites excluding steroid dienone is 1. The Hall–Kier alpha value is -1.32. The van der Waals surface area contributed by atoms with Crippen molar-refractivity contribution in [2.24, 2.45) is 5.41 Å². The van der Waals surface area contributed by atoms with Crippen molar-refractivity contribution in [1.82, 2.24) is 5.32 Å². The summed E-state index contributed by atoms with van der Waals surface area (Å²) < 4.78 is 4.71. The van der Waals surface area contributed by atoms with Gasteiger partial charge < -0.3 is 10.1 Å². The highest BCUT2D eigenvalue weighted by molar-refractivity contribution is 5.86. The molecule has 0 aliphatic carbocycles. The van der Waals surface area contributed by atoms with Gasteiger partial charge in [0.1, 0.15) is 0 Å². The van der Waals surface area contributed by atoms with Crippen LogP contribution in [0.1, 0.15) is 34.6 Å². The van der Waals surface area contributed by atoms with Crippen LogP contribution >= 0.6 is 0 Å². The minimum absolute atomic E-state index is 0.124. The third-order valence-electron chi connectivity index (χ3n) is 1.61. The van der Waals surface area contributed by atoms with Crippen LogP contribution in [0.15, 0.2) is 11.8 Å². The molecule has 0 saturated heterocycles. The molecule has 0 aliphatic heterocycles. The molecule has 0 atom stereocenters. The first-order valence-electron chi connectivity index (χ1n) is 4.94. The monoisotopic (exact) mass is 213 g/mol. The lowest BCUT2D eigenvalue weighted by Crippen LogP contribution is -2.33. The summed E-state index contributed by atoms with van der Waals surface area (Å²) in [4.78, 5) is 22.5. The molecule has 0 aromatic carbocycles. The van der Waals surface area contributed by atoms with Crippen molar-refractivity contribution in [3.63, 3.8) is 0 Å². The highest BCUT2D eigenvalue weighted by Gasteiger charge is 2.21. The van der Waals surface area contributed by atoms with Crippen molar-refractivity contribution in [2.45, 2.75) is 34.6 Å². The van der Waals surface area contributed by atoms with Gasteiger partial charge in [0.15, 0.2) is 0 Å². The van der Waals surface area contributed by atoms with Crippen LogP contribution in [-0.2, 0) is 14.3 Å². The number of carbonyl (C=O) groups is 2. The lowest BCUT2D eigenvalue weighted by atomic mass is 9.95. The molecule has 1 amide bonds. The van der Waals surface area contributed by atoms with E-state index in [1.807, 2.05) is 0 Å². The molecule has 0 fully saturated rings. The zero-order valence-electron chi connectivity index (χ0n) is 10.0. The highest BCUT2D eigenvalue weighted by atomic mass is 16.5. The van der Waals surface area contributed by atoms with Crippen molar-refractivity contribution in [1.29, 1.82) is 0 Å². The Balaban J connectivity index is 4.31. The minimum atomic E-state index is -0.468. The Bertz CT molecular complexity index is 274. The SMILES string of the molecule is CCOC(=O)/C=C(/C)NC(=O)C(C)(C)C. The molecule has 0 aromatic heterocycles. The summed E-state index contributed by atoms with van der Waals surface area (Å²) in [5, 5.41) is 2.63. The molecule has 0 heterocycles. The van der Waals surface area contributed by atoms with Crippen LogP contribution in [0.3, 0.4) is 0 Å². The number of hydrogen-bond acceptors (Lipinski definition) is 3. The molecule has 4 nitrogen and oxygen atoms in total. The predicted molar refractivity (Wildman–Crippen MR) is 58.0 cm³/mol. The molecule has 0 radical (unpaired) electrons. The van der Waals surface area contributed by atoms with E-state index >= 15 is 0 Å². The molecule has 0 rings (SSSR count). The van der Waals surface area contributed by atoms with Gasteiger partial charge in [0.25, 0.3) is 0 Å². The quantitative estimate of drug-likeness (QED) is 0.572. The van der Waals surface area contributed by atoms with Crippen LogP contribution in [0.5, 0.6) is 0 Å². The van der Waals surface area contributed by atoms with Crippen LogP contribution in [-0.4, -0.2) is 18.5 Å². The summed E-state index contributed by atoms with van der Waals surface area (Å²) in [6.07, 6.45) is 1.27. The van der Waals surface area contributed by atoms with E-state index in [4.69, 9.17) is 4.74 Å². The van der Waals surface area contributed by atoms with Gasteiger partial charge in [-0.1, -0.05) is 20.8 Å². The zero-order valence-corrected chi connectivity index (χ0v) is 10.0. The number of rotatable bonds is 3. The summed E-state index contributed by atoms with van der Waals surface area (Å²) in [6, 6.07) is 0. The number of ether oxygens (including phenoxy) is 1. The fourth-order valence-corrected chi connectivity index (χ4v) is 0.763. The number of esters is 1. The second-order valence-electron chi connectivity index (χ2n) is 4.28. The van der Waals surface area contributed by atoms with Crippen molar-refractivity contribution >= 4 is 11.9 Å². The van der Waals surface area contributed by atoms with Gasteiger partial charge in [0.05, 0.1) is 6.61 Å². The van der Waals surface area contributed by atoms with Crippen molar-refractivity contribution in [2.75, 3.05) is 6.61 Å². The molecule has 4 heteroatoms. The molecule has 1 N–H and O–H groups in total. The van der Waals surface area contributed by atoms with E-state index in [2.05, 4.69) is 5.32 Å². The van der Waals surface area contributed by atoms with Crippen molar-refractivity contribution in [3.05, 3.63) is 11.8 Å². The lowest BCUT2D eigenvalue weighted by molar-refractivity contribution is -0.137. The third kappa shape index (κ3) is 5.88. The number of carbonyl (C=O) groups excluding carboxylic acids is 2. The largest absolute Gasteiger partial charge is 0.463 e. The molecule has 0 bridgehead atoms. The normalized spacial score (nSPS) is 12.2. The molecule has 0 unspecified atom stereocenters. The van der Waals surface area contributed by atoms with Gasteiger partial charge in [-0.25, -0.2) is 4.79 Å². The smallest absolute Gasteiger partial charge is 0.332 e. The maximum Gasteiger partial charge on any atom is 0.332 e. The molecule has 0 spiro atoms. The van der Waals surface area contributed by atoms with Gasteiger partial charge in [0.2, 0.25) is 5.91 Å². The fraction of sp³-hybridized carbons (Fsp3) is 0.636. The first-order chi connectivity index (χ1) is 6.77. The maximum atomic E-state index is 11.5.